The van der Waals surface area contributed by atoms with Crippen LogP contribution >= 0.6 is 0 Å². The van der Waals surface area contributed by atoms with Crippen molar-refractivity contribution in [1.29, 1.82) is 0 Å². The molecule has 1 saturated heterocycles. The molecule has 0 amide bonds. The highest BCUT2D eigenvalue weighted by Crippen LogP contribution is 2.39. The van der Waals surface area contributed by atoms with Crippen LogP contribution in [-0.2, 0) is 18.5 Å². The lowest BCUT2D eigenvalue weighted by Gasteiger charge is -2.33. The lowest BCUT2D eigenvalue weighted by atomic mass is 9.84. The van der Waals surface area contributed by atoms with Gasteiger partial charge in [-0.1, -0.05) is 32.9 Å². The molecule has 1 aromatic heterocycles. The molecule has 1 atom stereocenters. The number of nitrogens with zero attached hydrogens (tertiary/aromatic N) is 1. The normalized spacial score (nSPS) is 19.1. The SMILES string of the molecule is C[Si](C)OC(c1ccc2cc(B3OC(C)(C)C(C)(C)O3)n(C(=O)OC(C)(C)C)c2c1)C(C)(C)C. The zero-order valence-corrected chi connectivity index (χ0v) is 24.0. The van der Waals surface area contributed by atoms with E-state index in [1.54, 1.807) is 4.57 Å². The summed E-state index contributed by atoms with van der Waals surface area (Å²) in [6.07, 6.45) is -0.545. The summed E-state index contributed by atoms with van der Waals surface area (Å²) in [5, 5.41) is 0.922. The van der Waals surface area contributed by atoms with E-state index in [2.05, 4.69) is 46.0 Å². The number of rotatable bonds is 4. The molecule has 1 fully saturated rings. The van der Waals surface area contributed by atoms with Crippen molar-refractivity contribution in [2.24, 2.45) is 5.41 Å². The topological polar surface area (TPSA) is 58.9 Å². The Morgan fingerprint density at radius 2 is 1.56 bits per heavy atom. The van der Waals surface area contributed by atoms with Crippen LogP contribution in [0.5, 0.6) is 0 Å². The van der Waals surface area contributed by atoms with Crippen molar-refractivity contribution in [3.63, 3.8) is 0 Å². The minimum Gasteiger partial charge on any atom is -0.443 e. The van der Waals surface area contributed by atoms with Gasteiger partial charge in [-0.05, 0) is 90.1 Å². The molecule has 1 aromatic carbocycles. The van der Waals surface area contributed by atoms with Crippen LogP contribution < -0.4 is 5.59 Å². The largest absolute Gasteiger partial charge is 0.513 e. The first-order chi connectivity index (χ1) is 15.3. The van der Waals surface area contributed by atoms with Crippen molar-refractivity contribution in [1.82, 2.24) is 4.57 Å². The van der Waals surface area contributed by atoms with Gasteiger partial charge in [-0.25, -0.2) is 4.79 Å². The second-order valence-corrected chi connectivity index (χ2v) is 14.6. The Labute approximate surface area is 207 Å². The van der Waals surface area contributed by atoms with E-state index in [1.807, 2.05) is 60.6 Å². The number of carbonyl (C=O) groups excluding carboxylic acids is 1. The average molecular weight is 487 g/mol. The Balaban J connectivity index is 2.19. The second-order valence-electron chi connectivity index (χ2n) is 12.6. The number of hydrogen-bond donors (Lipinski definition) is 0. The van der Waals surface area contributed by atoms with Crippen LogP contribution in [0.15, 0.2) is 24.3 Å². The quantitative estimate of drug-likeness (QED) is 0.491. The molecule has 34 heavy (non-hydrogen) atoms. The first-order valence-corrected chi connectivity index (χ1v) is 14.4. The summed E-state index contributed by atoms with van der Waals surface area (Å²) >= 11 is 0. The van der Waals surface area contributed by atoms with Crippen molar-refractivity contribution in [2.45, 2.75) is 105 Å². The molecular weight excluding hydrogens is 445 g/mol. The van der Waals surface area contributed by atoms with Gasteiger partial charge in [0.05, 0.1) is 28.4 Å². The van der Waals surface area contributed by atoms with Gasteiger partial charge in [0.15, 0.2) is 0 Å². The summed E-state index contributed by atoms with van der Waals surface area (Å²) in [6.45, 7) is 24.4. The van der Waals surface area contributed by atoms with E-state index in [1.165, 1.54) is 0 Å². The molecule has 0 aliphatic carbocycles. The molecule has 8 heteroatoms. The van der Waals surface area contributed by atoms with E-state index >= 15 is 0 Å². The molecule has 0 bridgehead atoms. The van der Waals surface area contributed by atoms with Crippen LogP contribution in [0.4, 0.5) is 4.79 Å². The van der Waals surface area contributed by atoms with Crippen LogP contribution in [-0.4, -0.2) is 43.6 Å². The Bertz CT molecular complexity index is 1050. The molecule has 1 aliphatic heterocycles. The molecule has 2 aromatic rings. The third kappa shape index (κ3) is 5.45. The van der Waals surface area contributed by atoms with Gasteiger partial charge in [0.1, 0.15) is 5.60 Å². The Morgan fingerprint density at radius 1 is 1.00 bits per heavy atom. The second kappa shape index (κ2) is 8.80. The molecule has 0 spiro atoms. The zero-order chi connectivity index (χ0) is 25.9. The van der Waals surface area contributed by atoms with E-state index in [0.29, 0.717) is 5.59 Å². The standard InChI is InChI=1S/C26H41BNO5Si/c1-23(2,3)21(31-34(11)12)18-14-13-17-16-20(27-32-25(7,8)26(9,10)33-27)28(19(17)15-18)22(29)30-24(4,5)6/h13-16,21H,1-12H3. The maximum Gasteiger partial charge on any atom is 0.513 e. The monoisotopic (exact) mass is 486 g/mol. The minimum absolute atomic E-state index is 0.0944. The maximum absolute atomic E-state index is 13.5. The molecule has 2 heterocycles. The summed E-state index contributed by atoms with van der Waals surface area (Å²) in [7, 11) is -1.63. The summed E-state index contributed by atoms with van der Waals surface area (Å²) in [5.41, 5.74) is 0.632. The lowest BCUT2D eigenvalue weighted by molar-refractivity contribution is 0.00578. The fraction of sp³-hybridized carbons (Fsp3) is 0.654. The van der Waals surface area contributed by atoms with Crippen LogP contribution in [0.1, 0.15) is 80.9 Å². The molecule has 1 unspecified atom stereocenters. The van der Waals surface area contributed by atoms with Crippen molar-refractivity contribution in [2.75, 3.05) is 0 Å². The van der Waals surface area contributed by atoms with Crippen LogP contribution in [0, 0.1) is 5.41 Å². The molecule has 1 radical (unpaired) electrons. The number of aromatic nitrogens is 1. The third-order valence-corrected chi connectivity index (χ3v) is 7.08. The van der Waals surface area contributed by atoms with Gasteiger partial charge in [-0.15, -0.1) is 0 Å². The molecule has 0 saturated carbocycles. The van der Waals surface area contributed by atoms with E-state index in [-0.39, 0.29) is 11.5 Å². The Kier molecular flexibility index (Phi) is 6.99. The fourth-order valence-corrected chi connectivity index (χ4v) is 4.99. The van der Waals surface area contributed by atoms with Gasteiger partial charge in [0.25, 0.3) is 0 Å². The van der Waals surface area contributed by atoms with Gasteiger partial charge < -0.3 is 18.5 Å². The van der Waals surface area contributed by atoms with E-state index in [4.69, 9.17) is 18.5 Å². The van der Waals surface area contributed by atoms with Gasteiger partial charge in [0, 0.05) is 0 Å². The molecule has 6 nitrogen and oxygen atoms in total. The summed E-state index contributed by atoms with van der Waals surface area (Å²) < 4.78 is 26.5. The highest BCUT2D eigenvalue weighted by Gasteiger charge is 2.53. The highest BCUT2D eigenvalue weighted by molar-refractivity contribution is 6.62. The third-order valence-electron chi connectivity index (χ3n) is 6.37. The summed E-state index contributed by atoms with van der Waals surface area (Å²) in [5.74, 6) is 0. The number of benzene rings is 1. The average Bonchev–Trinajstić information content (AvgIpc) is 3.10. The summed E-state index contributed by atoms with van der Waals surface area (Å²) in [6, 6.07) is 8.15. The minimum atomic E-state index is -0.937. The van der Waals surface area contributed by atoms with Gasteiger partial charge >= 0.3 is 13.2 Å². The lowest BCUT2D eigenvalue weighted by Crippen LogP contribution is -2.43. The Morgan fingerprint density at radius 3 is 2.03 bits per heavy atom. The van der Waals surface area contributed by atoms with Crippen molar-refractivity contribution in [3.05, 3.63) is 29.8 Å². The van der Waals surface area contributed by atoms with Gasteiger partial charge in [0.2, 0.25) is 9.04 Å². The number of ether oxygens (including phenoxy) is 1. The van der Waals surface area contributed by atoms with E-state index in [0.717, 1.165) is 16.5 Å². The molecule has 0 N–H and O–H groups in total. The van der Waals surface area contributed by atoms with Crippen molar-refractivity contribution < 1.29 is 23.3 Å². The highest BCUT2D eigenvalue weighted by atomic mass is 28.3. The zero-order valence-electron chi connectivity index (χ0n) is 23.0. The van der Waals surface area contributed by atoms with Gasteiger partial charge in [-0.3, -0.25) is 4.57 Å². The number of fused-ring (bicyclic) bond motifs is 1. The predicted molar refractivity (Wildman–Crippen MR) is 140 cm³/mol. The van der Waals surface area contributed by atoms with Crippen LogP contribution in [0.2, 0.25) is 13.1 Å². The molecule has 3 rings (SSSR count). The van der Waals surface area contributed by atoms with Gasteiger partial charge in [-0.2, -0.15) is 0 Å². The van der Waals surface area contributed by atoms with Crippen LogP contribution in [0.3, 0.4) is 0 Å². The Hall–Kier alpha value is -1.61. The van der Waals surface area contributed by atoms with Crippen molar-refractivity contribution in [3.8, 4) is 0 Å². The molecule has 187 valence electrons. The molecular formula is C26H41BNO5Si. The van der Waals surface area contributed by atoms with E-state index < -0.39 is 39.1 Å². The number of carbonyl (C=O) groups is 1. The summed E-state index contributed by atoms with van der Waals surface area (Å²) in [4.78, 5) is 13.5. The fourth-order valence-electron chi connectivity index (χ4n) is 4.03. The smallest absolute Gasteiger partial charge is 0.443 e. The predicted octanol–water partition coefficient (Wildman–Crippen LogP) is 6.08. The van der Waals surface area contributed by atoms with Crippen molar-refractivity contribution >= 4 is 38.7 Å². The first-order valence-electron chi connectivity index (χ1n) is 12.0. The number of hydrogen-bond acceptors (Lipinski definition) is 5. The maximum atomic E-state index is 13.5. The van der Waals surface area contributed by atoms with Crippen LogP contribution in [0.25, 0.3) is 10.9 Å². The van der Waals surface area contributed by atoms with E-state index in [9.17, 15) is 4.79 Å². The first kappa shape index (κ1) is 27.0. The molecule has 1 aliphatic rings.